The number of amides is 2. The molecule has 92 valence electrons. The first-order valence-electron chi connectivity index (χ1n) is 5.06. The van der Waals surface area contributed by atoms with Gasteiger partial charge < -0.3 is 5.32 Å². The Balaban J connectivity index is 4.02. The van der Waals surface area contributed by atoms with Crippen LogP contribution < -0.4 is 16.2 Å². The van der Waals surface area contributed by atoms with Crippen LogP contribution in [0.5, 0.6) is 0 Å². The molecule has 0 aliphatic heterocycles. The van der Waals surface area contributed by atoms with Crippen LogP contribution in [0.3, 0.4) is 0 Å². The van der Waals surface area contributed by atoms with Gasteiger partial charge in [-0.1, -0.05) is 34.6 Å². The van der Waals surface area contributed by atoms with E-state index in [4.69, 9.17) is 12.2 Å². The number of hydrogen-bond donors (Lipinski definition) is 3. The van der Waals surface area contributed by atoms with Crippen LogP contribution in [0, 0.1) is 11.3 Å². The summed E-state index contributed by atoms with van der Waals surface area (Å²) in [6.07, 6.45) is 0. The molecular formula is C10H19N3O2S. The van der Waals surface area contributed by atoms with Crippen molar-refractivity contribution in [3.63, 3.8) is 0 Å². The first kappa shape index (κ1) is 14.8. The fourth-order valence-electron chi connectivity index (χ4n) is 0.585. The first-order valence-corrected chi connectivity index (χ1v) is 5.46. The molecule has 0 atom stereocenters. The molecule has 0 bridgehead atoms. The van der Waals surface area contributed by atoms with Gasteiger partial charge in [0.2, 0.25) is 11.8 Å². The largest absolute Gasteiger partial charge is 0.301 e. The topological polar surface area (TPSA) is 70.2 Å². The minimum absolute atomic E-state index is 0.0916. The molecule has 3 N–H and O–H groups in total. The lowest BCUT2D eigenvalue weighted by Crippen LogP contribution is -2.51. The lowest BCUT2D eigenvalue weighted by molar-refractivity contribution is -0.127. The van der Waals surface area contributed by atoms with Crippen LogP contribution >= 0.6 is 12.2 Å². The molecule has 0 aromatic heterocycles. The van der Waals surface area contributed by atoms with Crippen LogP contribution in [0.15, 0.2) is 0 Å². The van der Waals surface area contributed by atoms with Gasteiger partial charge in [0.05, 0.1) is 0 Å². The van der Waals surface area contributed by atoms with Crippen molar-refractivity contribution < 1.29 is 9.59 Å². The van der Waals surface area contributed by atoms with Crippen molar-refractivity contribution in [2.24, 2.45) is 11.3 Å². The molecule has 0 aliphatic carbocycles. The minimum Gasteiger partial charge on any atom is -0.301 e. The van der Waals surface area contributed by atoms with E-state index < -0.39 is 5.41 Å². The highest BCUT2D eigenvalue weighted by atomic mass is 32.1. The molecule has 0 spiro atoms. The monoisotopic (exact) mass is 245 g/mol. The molecule has 0 aliphatic rings. The molecule has 0 aromatic rings. The van der Waals surface area contributed by atoms with Crippen molar-refractivity contribution in [3.05, 3.63) is 0 Å². The second-order valence-corrected chi connectivity index (χ2v) is 5.21. The van der Waals surface area contributed by atoms with Crippen LogP contribution in [0.25, 0.3) is 0 Å². The molecular weight excluding hydrogens is 226 g/mol. The average molecular weight is 245 g/mol. The number of carbonyl (C=O) groups is 2. The van der Waals surface area contributed by atoms with Crippen molar-refractivity contribution in [2.75, 3.05) is 0 Å². The highest BCUT2D eigenvalue weighted by Gasteiger charge is 2.22. The molecule has 0 saturated heterocycles. The third kappa shape index (κ3) is 5.65. The summed E-state index contributed by atoms with van der Waals surface area (Å²) in [6.45, 7) is 8.84. The number of carbonyl (C=O) groups excluding carboxylic acids is 2. The zero-order valence-corrected chi connectivity index (χ0v) is 11.1. The van der Waals surface area contributed by atoms with Gasteiger partial charge in [-0.2, -0.15) is 0 Å². The summed E-state index contributed by atoms with van der Waals surface area (Å²) in [6, 6.07) is 0. The smallest absolute Gasteiger partial charge is 0.240 e. The highest BCUT2D eigenvalue weighted by molar-refractivity contribution is 7.80. The SMILES string of the molecule is CC(C)C(=O)NNC(=S)NC(=O)C(C)(C)C. The van der Waals surface area contributed by atoms with Crippen LogP contribution in [-0.2, 0) is 9.59 Å². The lowest BCUT2D eigenvalue weighted by atomic mass is 9.96. The van der Waals surface area contributed by atoms with Crippen LogP contribution in [0.2, 0.25) is 0 Å². The number of hydrogen-bond acceptors (Lipinski definition) is 3. The molecule has 0 heterocycles. The maximum Gasteiger partial charge on any atom is 0.240 e. The number of hydrazine groups is 1. The Morgan fingerprint density at radius 3 is 2.00 bits per heavy atom. The van der Waals surface area contributed by atoms with Crippen molar-refractivity contribution in [3.8, 4) is 0 Å². The van der Waals surface area contributed by atoms with Crippen LogP contribution in [-0.4, -0.2) is 16.9 Å². The number of thiocarbonyl (C=S) groups is 1. The Hall–Kier alpha value is -1.17. The van der Waals surface area contributed by atoms with Gasteiger partial charge in [0.25, 0.3) is 0 Å². The first-order chi connectivity index (χ1) is 7.14. The summed E-state index contributed by atoms with van der Waals surface area (Å²) in [7, 11) is 0. The number of nitrogens with one attached hydrogen (secondary N) is 3. The predicted octanol–water partition coefficient (Wildman–Crippen LogP) is 0.710. The Kier molecular flexibility index (Phi) is 5.37. The van der Waals surface area contributed by atoms with Gasteiger partial charge in [-0.15, -0.1) is 0 Å². The molecule has 2 amide bonds. The highest BCUT2D eigenvalue weighted by Crippen LogP contribution is 2.11. The summed E-state index contributed by atoms with van der Waals surface area (Å²) in [5.74, 6) is -0.537. The van der Waals surface area contributed by atoms with Gasteiger partial charge in [-0.3, -0.25) is 20.4 Å². The maximum atomic E-state index is 11.5. The van der Waals surface area contributed by atoms with E-state index in [0.29, 0.717) is 0 Å². The summed E-state index contributed by atoms with van der Waals surface area (Å²) in [4.78, 5) is 22.7. The van der Waals surface area contributed by atoms with Gasteiger partial charge >= 0.3 is 0 Å². The van der Waals surface area contributed by atoms with Gasteiger partial charge in [0, 0.05) is 11.3 Å². The lowest BCUT2D eigenvalue weighted by Gasteiger charge is -2.19. The minimum atomic E-state index is -0.520. The van der Waals surface area contributed by atoms with Gasteiger partial charge in [0.1, 0.15) is 0 Å². The Labute approximate surface area is 101 Å². The Bertz CT molecular complexity index is 295. The van der Waals surface area contributed by atoms with E-state index in [0.717, 1.165) is 0 Å². The summed E-state index contributed by atoms with van der Waals surface area (Å²) < 4.78 is 0. The van der Waals surface area contributed by atoms with E-state index in [2.05, 4.69) is 16.2 Å². The van der Waals surface area contributed by atoms with Crippen molar-refractivity contribution in [1.82, 2.24) is 16.2 Å². The van der Waals surface area contributed by atoms with Gasteiger partial charge in [-0.05, 0) is 12.2 Å². The number of rotatable bonds is 1. The summed E-state index contributed by atoms with van der Waals surface area (Å²) in [5, 5.41) is 2.57. The van der Waals surface area contributed by atoms with Crippen LogP contribution in [0.4, 0.5) is 0 Å². The fraction of sp³-hybridized carbons (Fsp3) is 0.700. The molecule has 0 unspecified atom stereocenters. The van der Waals surface area contributed by atoms with E-state index in [-0.39, 0.29) is 22.8 Å². The Morgan fingerprint density at radius 2 is 1.62 bits per heavy atom. The van der Waals surface area contributed by atoms with E-state index >= 15 is 0 Å². The Morgan fingerprint density at radius 1 is 1.12 bits per heavy atom. The average Bonchev–Trinajstić information content (AvgIpc) is 2.12. The molecule has 0 fully saturated rings. The molecule has 16 heavy (non-hydrogen) atoms. The molecule has 0 radical (unpaired) electrons. The second-order valence-electron chi connectivity index (χ2n) is 4.80. The van der Waals surface area contributed by atoms with E-state index in [1.807, 2.05) is 0 Å². The molecule has 0 rings (SSSR count). The zero-order chi connectivity index (χ0) is 12.9. The molecule has 5 nitrogen and oxygen atoms in total. The molecule has 0 saturated carbocycles. The predicted molar refractivity (Wildman–Crippen MR) is 66.3 cm³/mol. The van der Waals surface area contributed by atoms with Crippen molar-refractivity contribution >= 4 is 29.1 Å². The third-order valence-corrected chi connectivity index (χ3v) is 1.94. The van der Waals surface area contributed by atoms with Crippen molar-refractivity contribution in [2.45, 2.75) is 34.6 Å². The normalized spacial score (nSPS) is 10.9. The second kappa shape index (κ2) is 5.79. The van der Waals surface area contributed by atoms with E-state index in [1.54, 1.807) is 34.6 Å². The summed E-state index contributed by atoms with van der Waals surface area (Å²) in [5.41, 5.74) is 4.34. The van der Waals surface area contributed by atoms with E-state index in [1.165, 1.54) is 0 Å². The zero-order valence-electron chi connectivity index (χ0n) is 10.3. The van der Waals surface area contributed by atoms with E-state index in [9.17, 15) is 9.59 Å². The fourth-order valence-corrected chi connectivity index (χ4v) is 0.728. The quantitative estimate of drug-likeness (QED) is 0.470. The summed E-state index contributed by atoms with van der Waals surface area (Å²) >= 11 is 4.85. The molecule has 6 heteroatoms. The van der Waals surface area contributed by atoms with Crippen LogP contribution in [0.1, 0.15) is 34.6 Å². The standard InChI is InChI=1S/C10H19N3O2S/c1-6(2)7(14)12-13-9(16)11-8(15)10(3,4)5/h6H,1-5H3,(H,12,14)(H2,11,13,15,16). The molecule has 0 aromatic carbocycles. The third-order valence-electron chi connectivity index (χ3n) is 1.73. The van der Waals surface area contributed by atoms with Gasteiger partial charge in [0.15, 0.2) is 5.11 Å². The van der Waals surface area contributed by atoms with Crippen molar-refractivity contribution in [1.29, 1.82) is 0 Å². The maximum absolute atomic E-state index is 11.5. The van der Waals surface area contributed by atoms with Gasteiger partial charge in [-0.25, -0.2) is 0 Å².